The number of hydrogen-bond acceptors (Lipinski definition) is 8. The van der Waals surface area contributed by atoms with Crippen LogP contribution in [-0.2, 0) is 24.5 Å². The molecule has 0 bridgehead atoms. The molecule has 0 radical (unpaired) electrons. The van der Waals surface area contributed by atoms with Crippen molar-refractivity contribution in [3.63, 3.8) is 0 Å². The van der Waals surface area contributed by atoms with Gasteiger partial charge in [0.05, 0.1) is 25.3 Å². The zero-order valence-electron chi connectivity index (χ0n) is 20.2. The molecule has 188 valence electrons. The number of benzene rings is 2. The molecule has 35 heavy (non-hydrogen) atoms. The van der Waals surface area contributed by atoms with Gasteiger partial charge in [-0.15, -0.1) is 0 Å². The van der Waals surface area contributed by atoms with Crippen molar-refractivity contribution in [3.8, 4) is 17.2 Å². The van der Waals surface area contributed by atoms with Gasteiger partial charge >= 0.3 is 5.97 Å². The third-order valence-corrected chi connectivity index (χ3v) is 5.94. The number of hydrogen-bond donors (Lipinski definition) is 4. The molecule has 0 unspecified atom stereocenters. The quantitative estimate of drug-likeness (QED) is 0.183. The van der Waals surface area contributed by atoms with Gasteiger partial charge in [-0.05, 0) is 47.7 Å². The highest BCUT2D eigenvalue weighted by atomic mass is 16.7. The number of carbonyl (C=O) groups excluding carboxylic acids is 3. The normalized spacial score (nSPS) is 14.7. The lowest BCUT2D eigenvalue weighted by Gasteiger charge is -2.34. The summed E-state index contributed by atoms with van der Waals surface area (Å²) < 4.78 is 15.6. The number of nitrogen functional groups attached to an aromatic ring is 1. The summed E-state index contributed by atoms with van der Waals surface area (Å²) in [5, 5.41) is 15.7. The lowest BCUT2D eigenvalue weighted by molar-refractivity contribution is -0.142. The Kier molecular flexibility index (Phi) is 7.73. The number of phenolic OH excluding ortho intramolecular Hbond substituents is 1. The van der Waals surface area contributed by atoms with Crippen molar-refractivity contribution in [2.45, 2.75) is 38.1 Å². The van der Waals surface area contributed by atoms with Crippen LogP contribution in [-0.4, -0.2) is 43.8 Å². The Morgan fingerprint density at radius 1 is 1.11 bits per heavy atom. The number of esters is 1. The van der Waals surface area contributed by atoms with Crippen LogP contribution in [0.1, 0.15) is 43.9 Å². The van der Waals surface area contributed by atoms with Gasteiger partial charge in [-0.3, -0.25) is 14.4 Å². The van der Waals surface area contributed by atoms with Gasteiger partial charge in [-0.1, -0.05) is 26.0 Å². The van der Waals surface area contributed by atoms with Crippen LogP contribution in [0.15, 0.2) is 36.4 Å². The molecule has 0 fully saturated rings. The predicted octanol–water partition coefficient (Wildman–Crippen LogP) is 2.15. The first-order chi connectivity index (χ1) is 16.6. The summed E-state index contributed by atoms with van der Waals surface area (Å²) in [7, 11) is 2.69. The van der Waals surface area contributed by atoms with E-state index in [0.29, 0.717) is 17.1 Å². The second-order valence-electron chi connectivity index (χ2n) is 8.78. The van der Waals surface area contributed by atoms with Gasteiger partial charge in [0.25, 0.3) is 0 Å². The van der Waals surface area contributed by atoms with Gasteiger partial charge in [-0.25, -0.2) is 0 Å². The van der Waals surface area contributed by atoms with E-state index in [4.69, 9.17) is 19.9 Å². The zero-order chi connectivity index (χ0) is 25.8. The molecular weight excluding hydrogens is 454 g/mol. The zero-order valence-corrected chi connectivity index (χ0v) is 20.2. The number of aromatic hydroxyl groups is 1. The molecular formula is C25H31N3O7. The minimum absolute atomic E-state index is 0.0710. The summed E-state index contributed by atoms with van der Waals surface area (Å²) in [5.41, 5.74) is 5.02. The number of ether oxygens (including phenoxy) is 3. The number of phenols is 1. The van der Waals surface area contributed by atoms with Gasteiger partial charge in [0, 0.05) is 7.05 Å². The number of amides is 2. The van der Waals surface area contributed by atoms with Crippen molar-refractivity contribution >= 4 is 23.5 Å². The second kappa shape index (κ2) is 10.5. The summed E-state index contributed by atoms with van der Waals surface area (Å²) in [6.07, 6.45) is -0.0473. The molecule has 0 aliphatic carbocycles. The van der Waals surface area contributed by atoms with Crippen LogP contribution in [0, 0.1) is 5.92 Å². The van der Waals surface area contributed by atoms with Gasteiger partial charge in [-0.2, -0.15) is 0 Å². The molecule has 0 saturated heterocycles. The maximum atomic E-state index is 14.0. The Bertz CT molecular complexity index is 1120. The highest BCUT2D eigenvalue weighted by Crippen LogP contribution is 2.38. The minimum Gasteiger partial charge on any atom is -0.506 e. The number of nitrogens with one attached hydrogen (secondary N) is 2. The van der Waals surface area contributed by atoms with E-state index in [1.54, 1.807) is 24.3 Å². The third kappa shape index (κ3) is 5.26. The number of likely N-dealkylation sites (N-methyl/N-ethyl adjacent to an activating group) is 1. The van der Waals surface area contributed by atoms with E-state index in [9.17, 15) is 19.5 Å². The van der Waals surface area contributed by atoms with E-state index in [1.165, 1.54) is 26.3 Å². The second-order valence-corrected chi connectivity index (χ2v) is 8.78. The molecule has 2 atom stereocenters. The summed E-state index contributed by atoms with van der Waals surface area (Å²) in [4.78, 5) is 39.6. The highest BCUT2D eigenvalue weighted by molar-refractivity contribution is 6.11. The molecule has 0 saturated carbocycles. The van der Waals surface area contributed by atoms with Crippen LogP contribution >= 0.6 is 0 Å². The molecule has 2 amide bonds. The maximum absolute atomic E-state index is 14.0. The lowest BCUT2D eigenvalue weighted by Crippen LogP contribution is -2.55. The molecule has 10 nitrogen and oxygen atoms in total. The average molecular weight is 486 g/mol. The summed E-state index contributed by atoms with van der Waals surface area (Å²) in [5.74, 6) is -1.04. The molecule has 1 aliphatic rings. The van der Waals surface area contributed by atoms with Crippen molar-refractivity contribution in [2.24, 2.45) is 5.92 Å². The highest BCUT2D eigenvalue weighted by Gasteiger charge is 2.48. The van der Waals surface area contributed by atoms with Crippen LogP contribution < -0.4 is 25.8 Å². The molecule has 5 N–H and O–H groups in total. The Balaban J connectivity index is 2.08. The van der Waals surface area contributed by atoms with Gasteiger partial charge < -0.3 is 35.7 Å². The molecule has 0 spiro atoms. The fourth-order valence-electron chi connectivity index (χ4n) is 4.22. The predicted molar refractivity (Wildman–Crippen MR) is 128 cm³/mol. The molecule has 0 aromatic heterocycles. The molecule has 3 rings (SSSR count). The maximum Gasteiger partial charge on any atom is 0.307 e. The van der Waals surface area contributed by atoms with Crippen LogP contribution in [0.4, 0.5) is 5.69 Å². The van der Waals surface area contributed by atoms with E-state index >= 15 is 0 Å². The van der Waals surface area contributed by atoms with Gasteiger partial charge in [0.15, 0.2) is 16.9 Å². The van der Waals surface area contributed by atoms with E-state index in [-0.39, 0.29) is 42.6 Å². The summed E-state index contributed by atoms with van der Waals surface area (Å²) in [6, 6.07) is 8.55. The summed E-state index contributed by atoms with van der Waals surface area (Å²) in [6.45, 7) is 3.83. The smallest absolute Gasteiger partial charge is 0.307 e. The molecule has 10 heteroatoms. The van der Waals surface area contributed by atoms with Crippen LogP contribution in [0.2, 0.25) is 0 Å². The van der Waals surface area contributed by atoms with Gasteiger partial charge in [0.1, 0.15) is 5.75 Å². The Labute approximate surface area is 203 Å². The number of fused-ring (bicyclic) bond motifs is 1. The van der Waals surface area contributed by atoms with E-state index in [2.05, 4.69) is 10.6 Å². The molecule has 1 heterocycles. The van der Waals surface area contributed by atoms with E-state index in [1.807, 2.05) is 13.8 Å². The Morgan fingerprint density at radius 3 is 2.46 bits per heavy atom. The van der Waals surface area contributed by atoms with Gasteiger partial charge in [0.2, 0.25) is 18.6 Å². The van der Waals surface area contributed by atoms with Crippen molar-refractivity contribution < 1.29 is 33.7 Å². The number of rotatable bonds is 9. The lowest BCUT2D eigenvalue weighted by atomic mass is 9.72. The largest absolute Gasteiger partial charge is 0.506 e. The number of carbonyl (C=O) groups is 3. The topological polar surface area (TPSA) is 149 Å². The van der Waals surface area contributed by atoms with Crippen molar-refractivity contribution in [1.29, 1.82) is 0 Å². The molecule has 2 aromatic rings. The number of methoxy groups -OCH3 is 1. The fraction of sp³-hybridized carbons (Fsp3) is 0.400. The van der Waals surface area contributed by atoms with E-state index in [0.717, 1.165) is 0 Å². The first kappa shape index (κ1) is 25.7. The van der Waals surface area contributed by atoms with Crippen molar-refractivity contribution in [3.05, 3.63) is 47.5 Å². The molecule has 2 aromatic carbocycles. The third-order valence-electron chi connectivity index (χ3n) is 5.94. The number of nitrogens with two attached hydrogens (primary N) is 1. The first-order valence-corrected chi connectivity index (χ1v) is 11.2. The van der Waals surface area contributed by atoms with E-state index < -0.39 is 29.2 Å². The van der Waals surface area contributed by atoms with Crippen molar-refractivity contribution in [2.75, 3.05) is 26.7 Å². The number of anilines is 1. The SMILES string of the molecule is CNC(=O)[C@@](CC(C)C)(C(=O)N[C@@H](CC(=O)OC)c1ccc2c(c1)OCO2)c1ccc(N)c(O)c1. The van der Waals surface area contributed by atoms with Crippen LogP contribution in [0.3, 0.4) is 0 Å². The Morgan fingerprint density at radius 2 is 1.83 bits per heavy atom. The minimum atomic E-state index is -1.71. The standard InChI is InChI=1S/C25H31N3O7/c1-14(2)12-25(23(31)27-3,16-6-7-17(26)19(29)10-16)24(32)28-18(11-22(30)33-4)15-5-8-20-21(9-15)35-13-34-20/h5-10,14,18,29H,11-13,26H2,1-4H3,(H,27,31)(H,28,32)/t18-,25-/m0/s1. The van der Waals surface area contributed by atoms with Crippen LogP contribution in [0.25, 0.3) is 0 Å². The summed E-state index contributed by atoms with van der Waals surface area (Å²) >= 11 is 0. The fourth-order valence-corrected chi connectivity index (χ4v) is 4.22. The Hall–Kier alpha value is -3.95. The molecule has 1 aliphatic heterocycles. The monoisotopic (exact) mass is 485 g/mol. The van der Waals surface area contributed by atoms with Crippen molar-refractivity contribution in [1.82, 2.24) is 10.6 Å². The van der Waals surface area contributed by atoms with Crippen LogP contribution in [0.5, 0.6) is 17.2 Å². The average Bonchev–Trinajstić information content (AvgIpc) is 3.31. The first-order valence-electron chi connectivity index (χ1n) is 11.2.